The molecule has 0 saturated heterocycles. The molecule has 0 aliphatic heterocycles. The number of hydrogen-bond donors (Lipinski definition) is 1. The first-order chi connectivity index (χ1) is 8.13. The Kier molecular flexibility index (Phi) is 5.45. The van der Waals surface area contributed by atoms with Crippen LogP contribution in [0.2, 0.25) is 0 Å². The van der Waals surface area contributed by atoms with E-state index in [0.29, 0.717) is 26.1 Å². The molecular formula is C14H22O3. The van der Waals surface area contributed by atoms with Crippen molar-refractivity contribution in [1.29, 1.82) is 0 Å². The summed E-state index contributed by atoms with van der Waals surface area (Å²) < 4.78 is 10.7. The van der Waals surface area contributed by atoms with E-state index in [1.807, 2.05) is 38.1 Å². The van der Waals surface area contributed by atoms with Gasteiger partial charge in [0.2, 0.25) is 0 Å². The van der Waals surface area contributed by atoms with Crippen molar-refractivity contribution in [1.82, 2.24) is 0 Å². The van der Waals surface area contributed by atoms with Gasteiger partial charge in [0.1, 0.15) is 12.4 Å². The van der Waals surface area contributed by atoms with Gasteiger partial charge in [-0.15, -0.1) is 0 Å². The average molecular weight is 238 g/mol. The number of hydrogen-bond acceptors (Lipinski definition) is 3. The van der Waals surface area contributed by atoms with E-state index < -0.39 is 5.60 Å². The van der Waals surface area contributed by atoms with Gasteiger partial charge in [0.05, 0.1) is 12.2 Å². The Labute approximate surface area is 103 Å². The van der Waals surface area contributed by atoms with Crippen LogP contribution in [-0.2, 0) is 11.3 Å². The number of ether oxygens (including phenoxy) is 2. The van der Waals surface area contributed by atoms with Crippen molar-refractivity contribution in [2.24, 2.45) is 0 Å². The predicted molar refractivity (Wildman–Crippen MR) is 68.2 cm³/mol. The summed E-state index contributed by atoms with van der Waals surface area (Å²) >= 11 is 0. The van der Waals surface area contributed by atoms with Crippen LogP contribution >= 0.6 is 0 Å². The average Bonchev–Trinajstić information content (AvgIpc) is 2.37. The maximum Gasteiger partial charge on any atom is 0.119 e. The molecule has 3 heteroatoms. The molecule has 1 N–H and O–H groups in total. The largest absolute Gasteiger partial charge is 0.491 e. The molecule has 1 aromatic carbocycles. The summed E-state index contributed by atoms with van der Waals surface area (Å²) in [7, 11) is 1.67. The molecule has 0 bridgehead atoms. The lowest BCUT2D eigenvalue weighted by Gasteiger charge is -2.25. The first-order valence-electron chi connectivity index (χ1n) is 6.06. The van der Waals surface area contributed by atoms with Crippen LogP contribution in [0, 0.1) is 0 Å². The smallest absolute Gasteiger partial charge is 0.119 e. The fraction of sp³-hybridized carbons (Fsp3) is 0.571. The highest BCUT2D eigenvalue weighted by Crippen LogP contribution is 2.19. The highest BCUT2D eigenvalue weighted by molar-refractivity contribution is 5.28. The van der Waals surface area contributed by atoms with Crippen molar-refractivity contribution in [3.8, 4) is 5.75 Å². The molecule has 0 aliphatic carbocycles. The zero-order chi connectivity index (χ0) is 12.7. The lowest BCUT2D eigenvalue weighted by atomic mass is 9.99. The molecule has 0 unspecified atom stereocenters. The van der Waals surface area contributed by atoms with Crippen molar-refractivity contribution in [2.45, 2.75) is 38.9 Å². The van der Waals surface area contributed by atoms with E-state index >= 15 is 0 Å². The monoisotopic (exact) mass is 238 g/mol. The van der Waals surface area contributed by atoms with Crippen molar-refractivity contribution in [3.05, 3.63) is 29.8 Å². The fourth-order valence-electron chi connectivity index (χ4n) is 1.56. The number of aliphatic hydroxyl groups is 1. The SMILES string of the molecule is CCC(O)(CC)COc1cccc(COC)c1. The van der Waals surface area contributed by atoms with Gasteiger partial charge in [-0.05, 0) is 30.5 Å². The highest BCUT2D eigenvalue weighted by atomic mass is 16.5. The first-order valence-corrected chi connectivity index (χ1v) is 6.06. The molecule has 17 heavy (non-hydrogen) atoms. The van der Waals surface area contributed by atoms with Crippen molar-refractivity contribution < 1.29 is 14.6 Å². The third kappa shape index (κ3) is 4.36. The molecular weight excluding hydrogens is 216 g/mol. The zero-order valence-electron chi connectivity index (χ0n) is 10.9. The zero-order valence-corrected chi connectivity index (χ0v) is 10.9. The Hall–Kier alpha value is -1.06. The molecule has 0 radical (unpaired) electrons. The summed E-state index contributed by atoms with van der Waals surface area (Å²) in [6, 6.07) is 7.75. The van der Waals surface area contributed by atoms with Crippen LogP contribution in [0.3, 0.4) is 0 Å². The minimum atomic E-state index is -0.725. The van der Waals surface area contributed by atoms with Gasteiger partial charge in [-0.3, -0.25) is 0 Å². The van der Waals surface area contributed by atoms with Crippen LogP contribution in [0.25, 0.3) is 0 Å². The highest BCUT2D eigenvalue weighted by Gasteiger charge is 2.22. The molecule has 1 aromatic rings. The molecule has 1 rings (SSSR count). The van der Waals surface area contributed by atoms with Gasteiger partial charge in [-0.25, -0.2) is 0 Å². The molecule has 0 heterocycles. The third-order valence-corrected chi connectivity index (χ3v) is 3.03. The number of rotatable bonds is 7. The Morgan fingerprint density at radius 1 is 1.24 bits per heavy atom. The predicted octanol–water partition coefficient (Wildman–Crippen LogP) is 2.76. The van der Waals surface area contributed by atoms with Crippen LogP contribution in [0.15, 0.2) is 24.3 Å². The van der Waals surface area contributed by atoms with Crippen LogP contribution in [0.4, 0.5) is 0 Å². The van der Waals surface area contributed by atoms with Gasteiger partial charge in [0, 0.05) is 7.11 Å². The fourth-order valence-corrected chi connectivity index (χ4v) is 1.56. The van der Waals surface area contributed by atoms with Gasteiger partial charge in [-0.2, -0.15) is 0 Å². The summed E-state index contributed by atoms with van der Waals surface area (Å²) in [5, 5.41) is 10.1. The summed E-state index contributed by atoms with van der Waals surface area (Å²) in [6.07, 6.45) is 1.39. The summed E-state index contributed by atoms with van der Waals surface area (Å²) in [4.78, 5) is 0. The summed E-state index contributed by atoms with van der Waals surface area (Å²) in [5.41, 5.74) is 0.346. The van der Waals surface area contributed by atoms with E-state index in [-0.39, 0.29) is 0 Å². The van der Waals surface area contributed by atoms with Crippen molar-refractivity contribution in [3.63, 3.8) is 0 Å². The van der Waals surface area contributed by atoms with E-state index in [4.69, 9.17) is 9.47 Å². The van der Waals surface area contributed by atoms with Crippen LogP contribution in [-0.4, -0.2) is 24.4 Å². The molecule has 0 spiro atoms. The molecule has 96 valence electrons. The van der Waals surface area contributed by atoms with Crippen LogP contribution in [0.5, 0.6) is 5.75 Å². The normalized spacial score (nSPS) is 11.5. The lowest BCUT2D eigenvalue weighted by molar-refractivity contribution is -0.0114. The number of methoxy groups -OCH3 is 1. The Balaban J connectivity index is 2.59. The minimum absolute atomic E-state index is 0.330. The Morgan fingerprint density at radius 2 is 1.94 bits per heavy atom. The van der Waals surface area contributed by atoms with Gasteiger partial charge >= 0.3 is 0 Å². The number of benzene rings is 1. The van der Waals surface area contributed by atoms with Crippen LogP contribution < -0.4 is 4.74 Å². The maximum absolute atomic E-state index is 10.1. The first kappa shape index (κ1) is 14.0. The van der Waals surface area contributed by atoms with Crippen molar-refractivity contribution >= 4 is 0 Å². The second kappa shape index (κ2) is 6.62. The van der Waals surface area contributed by atoms with Gasteiger partial charge in [0.15, 0.2) is 0 Å². The topological polar surface area (TPSA) is 38.7 Å². The van der Waals surface area contributed by atoms with Crippen LogP contribution in [0.1, 0.15) is 32.3 Å². The molecule has 0 fully saturated rings. The molecule has 0 aromatic heterocycles. The molecule has 0 aliphatic rings. The second-order valence-electron chi connectivity index (χ2n) is 4.30. The van der Waals surface area contributed by atoms with E-state index in [9.17, 15) is 5.11 Å². The Morgan fingerprint density at radius 3 is 2.53 bits per heavy atom. The minimum Gasteiger partial charge on any atom is -0.491 e. The van der Waals surface area contributed by atoms with Crippen molar-refractivity contribution in [2.75, 3.05) is 13.7 Å². The van der Waals surface area contributed by atoms with Gasteiger partial charge in [-0.1, -0.05) is 26.0 Å². The molecule has 0 saturated carbocycles. The molecule has 0 amide bonds. The van der Waals surface area contributed by atoms with E-state index in [0.717, 1.165) is 11.3 Å². The third-order valence-electron chi connectivity index (χ3n) is 3.03. The van der Waals surface area contributed by atoms with Gasteiger partial charge < -0.3 is 14.6 Å². The quantitative estimate of drug-likeness (QED) is 0.794. The molecule has 3 nitrogen and oxygen atoms in total. The Bertz CT molecular complexity index is 332. The lowest BCUT2D eigenvalue weighted by Crippen LogP contribution is -2.34. The summed E-state index contributed by atoms with van der Waals surface area (Å²) in [5.74, 6) is 0.778. The summed E-state index contributed by atoms with van der Waals surface area (Å²) in [6.45, 7) is 4.84. The second-order valence-corrected chi connectivity index (χ2v) is 4.30. The van der Waals surface area contributed by atoms with E-state index in [1.54, 1.807) is 7.11 Å². The molecule has 0 atom stereocenters. The van der Waals surface area contributed by atoms with Gasteiger partial charge in [0.25, 0.3) is 0 Å². The van der Waals surface area contributed by atoms with E-state index in [1.165, 1.54) is 0 Å². The standard InChI is InChI=1S/C14H22O3/c1-4-14(15,5-2)11-17-13-8-6-7-12(9-13)10-16-3/h6-9,15H,4-5,10-11H2,1-3H3. The van der Waals surface area contributed by atoms with E-state index in [2.05, 4.69) is 0 Å². The maximum atomic E-state index is 10.1.